The second kappa shape index (κ2) is 10.5. The maximum atomic E-state index is 13.4. The molecule has 2 aromatic carbocycles. The molecule has 1 aromatic heterocycles. The van der Waals surface area contributed by atoms with Gasteiger partial charge in [0, 0.05) is 31.5 Å². The Bertz CT molecular complexity index is 1310. The first-order valence-corrected chi connectivity index (χ1v) is 18.7. The molecule has 3 aromatic rings. The number of hydrogen-bond donors (Lipinski definition) is 1. The van der Waals surface area contributed by atoms with Crippen molar-refractivity contribution in [2.45, 2.75) is 62.7 Å². The second-order valence-electron chi connectivity index (χ2n) is 10.8. The highest BCUT2D eigenvalue weighted by Gasteiger charge is 2.51. The van der Waals surface area contributed by atoms with Gasteiger partial charge in [0.15, 0.2) is 9.84 Å². The van der Waals surface area contributed by atoms with Gasteiger partial charge in [0.05, 0.1) is 10.6 Å². The van der Waals surface area contributed by atoms with E-state index in [0.29, 0.717) is 24.1 Å². The minimum Gasteiger partial charge on any atom is -0.437 e. The average molecular weight is 542 g/mol. The summed E-state index contributed by atoms with van der Waals surface area (Å²) >= 11 is 1.40. The summed E-state index contributed by atoms with van der Waals surface area (Å²) in [6, 6.07) is 20.7. The predicted octanol–water partition coefficient (Wildman–Crippen LogP) is 7.08. The van der Waals surface area contributed by atoms with Gasteiger partial charge in [-0.1, -0.05) is 62.1 Å². The molecular weight excluding hydrogens is 507 g/mol. The molecular formula is C28H35NO4S2Si. The highest BCUT2D eigenvalue weighted by atomic mass is 32.2. The molecule has 2 heterocycles. The van der Waals surface area contributed by atoms with Gasteiger partial charge in [-0.2, -0.15) is 0 Å². The van der Waals surface area contributed by atoms with Crippen LogP contribution in [0.4, 0.5) is 5.69 Å². The quantitative estimate of drug-likeness (QED) is 0.187. The van der Waals surface area contributed by atoms with Crippen LogP contribution in [0.15, 0.2) is 60.7 Å². The molecule has 1 saturated heterocycles. The molecule has 0 spiro atoms. The number of carbonyl (C=O) groups excluding carboxylic acids is 1. The number of esters is 1. The number of thiophene rings is 1. The number of hydrogen-bond acceptors (Lipinski definition) is 6. The van der Waals surface area contributed by atoms with Crippen LogP contribution in [0.3, 0.4) is 0 Å². The van der Waals surface area contributed by atoms with E-state index in [9.17, 15) is 13.2 Å². The van der Waals surface area contributed by atoms with Gasteiger partial charge >= 0.3 is 5.97 Å². The Hall–Kier alpha value is -2.42. The van der Waals surface area contributed by atoms with E-state index in [1.807, 2.05) is 60.7 Å². The first-order chi connectivity index (χ1) is 17.0. The number of nitrogen functional groups attached to an aromatic ring is 1. The van der Waals surface area contributed by atoms with Gasteiger partial charge in [-0.3, -0.25) is 4.79 Å². The Morgan fingerprint density at radius 3 is 2.17 bits per heavy atom. The molecule has 1 aliphatic heterocycles. The van der Waals surface area contributed by atoms with E-state index >= 15 is 0 Å². The zero-order valence-corrected chi connectivity index (χ0v) is 23.9. The summed E-state index contributed by atoms with van der Waals surface area (Å²) in [6.07, 6.45) is 2.62. The van der Waals surface area contributed by atoms with E-state index in [0.717, 1.165) is 39.7 Å². The van der Waals surface area contributed by atoms with Crippen molar-refractivity contribution in [2.24, 2.45) is 0 Å². The molecule has 0 unspecified atom stereocenters. The predicted molar refractivity (Wildman–Crippen MR) is 152 cm³/mol. The van der Waals surface area contributed by atoms with Crippen molar-refractivity contribution < 1.29 is 17.9 Å². The third-order valence-corrected chi connectivity index (χ3v) is 12.3. The fourth-order valence-corrected chi connectivity index (χ4v) is 9.38. The first kappa shape index (κ1) is 26.6. The molecule has 192 valence electrons. The summed E-state index contributed by atoms with van der Waals surface area (Å²) in [4.78, 5) is 12.8. The lowest BCUT2D eigenvalue weighted by molar-refractivity contribution is -0.153. The van der Waals surface area contributed by atoms with Crippen molar-refractivity contribution in [3.05, 3.63) is 65.5 Å². The van der Waals surface area contributed by atoms with E-state index in [-0.39, 0.29) is 12.2 Å². The molecule has 0 aliphatic carbocycles. The Morgan fingerprint density at radius 2 is 1.56 bits per heavy atom. The number of rotatable bonds is 8. The highest BCUT2D eigenvalue weighted by molar-refractivity contribution is 7.92. The second-order valence-corrected chi connectivity index (χ2v) is 19.8. The zero-order chi connectivity index (χ0) is 26.0. The normalized spacial score (nSPS) is 19.6. The lowest BCUT2D eigenvalue weighted by Gasteiger charge is -2.35. The van der Waals surface area contributed by atoms with Gasteiger partial charge in [-0.25, -0.2) is 8.42 Å². The van der Waals surface area contributed by atoms with Crippen LogP contribution in [-0.4, -0.2) is 28.2 Å². The molecule has 4 rings (SSSR count). The van der Waals surface area contributed by atoms with Gasteiger partial charge in [0.2, 0.25) is 4.93 Å². The average Bonchev–Trinajstić information content (AvgIpc) is 3.31. The lowest BCUT2D eigenvalue weighted by Crippen LogP contribution is -2.44. The summed E-state index contributed by atoms with van der Waals surface area (Å²) in [5, 5.41) is 0. The van der Waals surface area contributed by atoms with Gasteiger partial charge in [-0.05, 0) is 60.2 Å². The summed E-state index contributed by atoms with van der Waals surface area (Å²) in [6.45, 7) is 6.79. The highest BCUT2D eigenvalue weighted by Crippen LogP contribution is 2.46. The Labute approximate surface area is 219 Å². The molecule has 0 bridgehead atoms. The van der Waals surface area contributed by atoms with E-state index in [1.54, 1.807) is 0 Å². The Morgan fingerprint density at radius 1 is 0.944 bits per heavy atom. The van der Waals surface area contributed by atoms with Crippen LogP contribution < -0.4 is 5.73 Å². The van der Waals surface area contributed by atoms with E-state index in [1.165, 1.54) is 11.3 Å². The van der Waals surface area contributed by atoms with Crippen LogP contribution in [0.2, 0.25) is 25.7 Å². The number of benzene rings is 2. The molecule has 5 nitrogen and oxygen atoms in total. The molecule has 36 heavy (non-hydrogen) atoms. The summed E-state index contributed by atoms with van der Waals surface area (Å²) in [7, 11) is -4.92. The van der Waals surface area contributed by atoms with Crippen molar-refractivity contribution in [1.82, 2.24) is 0 Å². The molecule has 8 heteroatoms. The van der Waals surface area contributed by atoms with Crippen LogP contribution in [0.5, 0.6) is 0 Å². The van der Waals surface area contributed by atoms with Crippen LogP contribution in [0, 0.1) is 0 Å². The molecule has 0 radical (unpaired) electrons. The largest absolute Gasteiger partial charge is 0.437 e. The summed E-state index contributed by atoms with van der Waals surface area (Å²) < 4.78 is 32.7. The molecule has 0 saturated carbocycles. The van der Waals surface area contributed by atoms with E-state index < -0.39 is 28.8 Å². The molecule has 1 atom stereocenters. The van der Waals surface area contributed by atoms with Crippen LogP contribution >= 0.6 is 11.3 Å². The van der Waals surface area contributed by atoms with Gasteiger partial charge < -0.3 is 10.5 Å². The number of anilines is 1. The number of ether oxygens (including phenoxy) is 1. The van der Waals surface area contributed by atoms with Gasteiger partial charge in [0.1, 0.15) is 0 Å². The summed E-state index contributed by atoms with van der Waals surface area (Å²) in [5.41, 5.74) is 9.68. The van der Waals surface area contributed by atoms with Crippen LogP contribution in [-0.2, 0) is 24.3 Å². The van der Waals surface area contributed by atoms with Crippen molar-refractivity contribution in [3.63, 3.8) is 0 Å². The number of carbonyl (C=O) groups is 1. The number of nitrogens with two attached hydrogens (primary N) is 1. The van der Waals surface area contributed by atoms with Gasteiger partial charge in [0.25, 0.3) is 0 Å². The fraction of sp³-hybridized carbons (Fsp3) is 0.393. The van der Waals surface area contributed by atoms with E-state index in [2.05, 4.69) is 19.6 Å². The zero-order valence-electron chi connectivity index (χ0n) is 21.3. The van der Waals surface area contributed by atoms with E-state index in [4.69, 9.17) is 10.5 Å². The van der Waals surface area contributed by atoms with Crippen molar-refractivity contribution >= 4 is 40.9 Å². The number of sulfone groups is 1. The van der Waals surface area contributed by atoms with Crippen molar-refractivity contribution in [2.75, 3.05) is 11.5 Å². The molecule has 1 fully saturated rings. The fourth-order valence-electron chi connectivity index (χ4n) is 4.61. The summed E-state index contributed by atoms with van der Waals surface area (Å²) in [5.74, 6) is -0.375. The van der Waals surface area contributed by atoms with Gasteiger partial charge in [-0.15, -0.1) is 11.3 Å². The van der Waals surface area contributed by atoms with Crippen molar-refractivity contribution in [1.29, 1.82) is 0 Å². The Kier molecular flexibility index (Phi) is 7.78. The Balaban J connectivity index is 1.58. The monoisotopic (exact) mass is 541 g/mol. The molecule has 1 aliphatic rings. The van der Waals surface area contributed by atoms with Crippen LogP contribution in [0.25, 0.3) is 21.6 Å². The molecule has 0 amide bonds. The minimum absolute atomic E-state index is 0.0404. The third-order valence-electron chi connectivity index (χ3n) is 6.65. The SMILES string of the molecule is C[Si](C)(C)CCCC(=O)O[C@@]1(c2ccc(-c3ccc(-c4ccc(N)cc4)cc3)s2)CCCCS1(=O)=O. The maximum absolute atomic E-state index is 13.4. The maximum Gasteiger partial charge on any atom is 0.307 e. The topological polar surface area (TPSA) is 86.5 Å². The minimum atomic E-state index is -3.64. The first-order valence-electron chi connectivity index (χ1n) is 12.5. The lowest BCUT2D eigenvalue weighted by atomic mass is 10.0. The standard InChI is InChI=1S/C28H35NO4S2Si/c1-36(2,3)20-6-7-27(30)33-28(18-4-5-19-35(28,31)32)26-17-16-25(34-26)23-10-8-21(9-11-23)22-12-14-24(29)15-13-22/h8-17H,4-7,18-20,29H2,1-3H3/t28-/m0/s1. The van der Waals surface area contributed by atoms with Crippen LogP contribution in [0.1, 0.15) is 37.0 Å². The third kappa shape index (κ3) is 5.93. The molecule has 2 N–H and O–H groups in total. The van der Waals surface area contributed by atoms with Crippen molar-refractivity contribution in [3.8, 4) is 21.6 Å². The smallest absolute Gasteiger partial charge is 0.307 e.